The van der Waals surface area contributed by atoms with Crippen molar-refractivity contribution in [3.05, 3.63) is 53.8 Å². The van der Waals surface area contributed by atoms with Crippen molar-refractivity contribution in [1.82, 2.24) is 0 Å². The normalized spacial score (nSPS) is 10.6. The van der Waals surface area contributed by atoms with E-state index in [2.05, 4.69) is 5.32 Å². The van der Waals surface area contributed by atoms with Crippen LogP contribution in [0.4, 0.5) is 24.5 Å². The van der Waals surface area contributed by atoms with Crippen LogP contribution in [0.5, 0.6) is 5.75 Å². The Balaban J connectivity index is 2.12. The molecule has 0 spiro atoms. The van der Waals surface area contributed by atoms with Gasteiger partial charge in [-0.3, -0.25) is 9.59 Å². The number of nitrogens with one attached hydrogen (secondary N) is 1. The summed E-state index contributed by atoms with van der Waals surface area (Å²) in [6, 6.07) is 8.12. The van der Waals surface area contributed by atoms with E-state index in [1.54, 1.807) is 24.3 Å². The summed E-state index contributed by atoms with van der Waals surface area (Å²) in [5.74, 6) is -5.33. The second kappa shape index (κ2) is 8.57. The lowest BCUT2D eigenvalue weighted by atomic mass is 10.2. The molecule has 2 rings (SSSR count). The van der Waals surface area contributed by atoms with Crippen LogP contribution in [-0.2, 0) is 9.59 Å². The van der Waals surface area contributed by atoms with Crippen LogP contribution in [0.3, 0.4) is 0 Å². The average molecular weight is 380 g/mol. The van der Waals surface area contributed by atoms with Crippen molar-refractivity contribution in [3.63, 3.8) is 0 Å². The second-order valence-corrected chi connectivity index (χ2v) is 6.04. The topological polar surface area (TPSA) is 58.6 Å². The van der Waals surface area contributed by atoms with Gasteiger partial charge in [0, 0.05) is 12.6 Å². The Morgan fingerprint density at radius 1 is 1.04 bits per heavy atom. The highest BCUT2D eigenvalue weighted by atomic mass is 19.2. The Morgan fingerprint density at radius 3 is 2.22 bits per heavy atom. The first-order chi connectivity index (χ1) is 12.7. The first-order valence-corrected chi connectivity index (χ1v) is 8.17. The molecule has 2 aromatic rings. The van der Waals surface area contributed by atoms with E-state index in [0.717, 1.165) is 17.9 Å². The minimum atomic E-state index is -1.71. The molecule has 0 saturated heterocycles. The van der Waals surface area contributed by atoms with Gasteiger partial charge in [0.05, 0.1) is 11.8 Å². The van der Waals surface area contributed by atoms with Crippen molar-refractivity contribution in [1.29, 1.82) is 0 Å². The van der Waals surface area contributed by atoms with E-state index in [4.69, 9.17) is 4.74 Å². The molecule has 0 aliphatic carbocycles. The van der Waals surface area contributed by atoms with Gasteiger partial charge in [-0.25, -0.2) is 13.2 Å². The Bertz CT molecular complexity index is 839. The molecule has 0 bridgehead atoms. The third-order valence-corrected chi connectivity index (χ3v) is 3.50. The largest absolute Gasteiger partial charge is 0.491 e. The molecule has 27 heavy (non-hydrogen) atoms. The lowest BCUT2D eigenvalue weighted by molar-refractivity contribution is -0.120. The van der Waals surface area contributed by atoms with Gasteiger partial charge >= 0.3 is 0 Å². The molecule has 0 saturated carbocycles. The molecule has 0 radical (unpaired) electrons. The molecule has 0 aliphatic rings. The van der Waals surface area contributed by atoms with Crippen molar-refractivity contribution < 1.29 is 27.5 Å². The Labute approximate surface area is 154 Å². The quantitative estimate of drug-likeness (QED) is 0.774. The fourth-order valence-electron chi connectivity index (χ4n) is 2.32. The fraction of sp³-hybridized carbons (Fsp3) is 0.263. The number of halogens is 3. The minimum absolute atomic E-state index is 0.000525. The van der Waals surface area contributed by atoms with E-state index >= 15 is 0 Å². The number of benzene rings is 2. The molecule has 0 aromatic heterocycles. The van der Waals surface area contributed by atoms with Crippen LogP contribution in [0, 0.1) is 17.5 Å². The van der Waals surface area contributed by atoms with Crippen molar-refractivity contribution in [3.8, 4) is 5.75 Å². The SMILES string of the molecule is CC(=O)N(CC(=O)Nc1ccc(OC(C)C)cc1)c1ccc(F)c(F)c1F. The van der Waals surface area contributed by atoms with Crippen molar-refractivity contribution >= 4 is 23.2 Å². The van der Waals surface area contributed by atoms with Gasteiger partial charge in [0.25, 0.3) is 0 Å². The highest BCUT2D eigenvalue weighted by Crippen LogP contribution is 2.24. The monoisotopic (exact) mass is 380 g/mol. The van der Waals surface area contributed by atoms with Gasteiger partial charge in [-0.2, -0.15) is 0 Å². The predicted molar refractivity (Wildman–Crippen MR) is 95.2 cm³/mol. The molecule has 0 atom stereocenters. The zero-order chi connectivity index (χ0) is 20.1. The molecule has 0 heterocycles. The molecular formula is C19H19F3N2O3. The van der Waals surface area contributed by atoms with Crippen LogP contribution in [0.15, 0.2) is 36.4 Å². The zero-order valence-electron chi connectivity index (χ0n) is 15.1. The summed E-state index contributed by atoms with van der Waals surface area (Å²) >= 11 is 0. The number of nitrogens with zero attached hydrogens (tertiary/aromatic N) is 1. The molecule has 2 aromatic carbocycles. The van der Waals surface area contributed by atoms with Crippen LogP contribution in [0.25, 0.3) is 0 Å². The molecule has 5 nitrogen and oxygen atoms in total. The van der Waals surface area contributed by atoms with Gasteiger partial charge in [-0.15, -0.1) is 0 Å². The van der Waals surface area contributed by atoms with Gasteiger partial charge < -0.3 is 15.0 Å². The first-order valence-electron chi connectivity index (χ1n) is 8.17. The summed E-state index contributed by atoms with van der Waals surface area (Å²) < 4.78 is 45.9. The van der Waals surface area contributed by atoms with Gasteiger partial charge in [0.15, 0.2) is 17.5 Å². The number of carbonyl (C=O) groups excluding carboxylic acids is 2. The number of amides is 2. The fourth-order valence-corrected chi connectivity index (χ4v) is 2.32. The van der Waals surface area contributed by atoms with E-state index in [0.29, 0.717) is 17.5 Å². The predicted octanol–water partition coefficient (Wildman–Crippen LogP) is 3.88. The van der Waals surface area contributed by atoms with Gasteiger partial charge in [-0.1, -0.05) is 0 Å². The van der Waals surface area contributed by atoms with Gasteiger partial charge in [0.1, 0.15) is 12.3 Å². The van der Waals surface area contributed by atoms with Crippen LogP contribution in [0.1, 0.15) is 20.8 Å². The second-order valence-electron chi connectivity index (χ2n) is 6.04. The van der Waals surface area contributed by atoms with Gasteiger partial charge in [0.2, 0.25) is 11.8 Å². The first kappa shape index (κ1) is 20.3. The Morgan fingerprint density at radius 2 is 1.67 bits per heavy atom. The smallest absolute Gasteiger partial charge is 0.244 e. The summed E-state index contributed by atoms with van der Waals surface area (Å²) in [5.41, 5.74) is -0.0809. The Kier molecular flexibility index (Phi) is 6.44. The number of hydrogen-bond donors (Lipinski definition) is 1. The molecule has 144 valence electrons. The van der Waals surface area contributed by atoms with Crippen molar-refractivity contribution in [2.24, 2.45) is 0 Å². The lowest BCUT2D eigenvalue weighted by Crippen LogP contribution is -2.37. The number of anilines is 2. The molecule has 0 aliphatic heterocycles. The number of carbonyl (C=O) groups is 2. The van der Waals surface area contributed by atoms with E-state index in [1.807, 2.05) is 13.8 Å². The lowest BCUT2D eigenvalue weighted by Gasteiger charge is -2.21. The van der Waals surface area contributed by atoms with E-state index in [-0.39, 0.29) is 6.10 Å². The summed E-state index contributed by atoms with van der Waals surface area (Å²) in [6.45, 7) is 4.28. The summed E-state index contributed by atoms with van der Waals surface area (Å²) in [6.07, 6.45) is 0.000525. The zero-order valence-corrected chi connectivity index (χ0v) is 15.1. The van der Waals surface area contributed by atoms with Crippen molar-refractivity contribution in [2.45, 2.75) is 26.9 Å². The molecule has 0 unspecified atom stereocenters. The van der Waals surface area contributed by atoms with E-state index in [1.165, 1.54) is 0 Å². The van der Waals surface area contributed by atoms with Crippen molar-refractivity contribution in [2.75, 3.05) is 16.8 Å². The molecule has 8 heteroatoms. The van der Waals surface area contributed by atoms with E-state index < -0.39 is 41.5 Å². The maximum Gasteiger partial charge on any atom is 0.244 e. The molecular weight excluding hydrogens is 361 g/mol. The van der Waals surface area contributed by atoms with Crippen LogP contribution in [0.2, 0.25) is 0 Å². The summed E-state index contributed by atoms with van der Waals surface area (Å²) in [5, 5.41) is 2.54. The standard InChI is InChI=1S/C19H19F3N2O3/c1-11(2)27-14-6-4-13(5-7-14)23-17(26)10-24(12(3)25)16-9-8-15(20)18(21)19(16)22/h4-9,11H,10H2,1-3H3,(H,23,26). The molecule has 0 fully saturated rings. The summed E-state index contributed by atoms with van der Waals surface area (Å²) in [7, 11) is 0. The average Bonchev–Trinajstić information content (AvgIpc) is 2.59. The third-order valence-electron chi connectivity index (χ3n) is 3.50. The maximum atomic E-state index is 13.9. The highest BCUT2D eigenvalue weighted by Gasteiger charge is 2.23. The number of ether oxygens (including phenoxy) is 1. The van der Waals surface area contributed by atoms with Crippen LogP contribution in [-0.4, -0.2) is 24.5 Å². The minimum Gasteiger partial charge on any atom is -0.491 e. The molecule has 2 amide bonds. The molecule has 1 N–H and O–H groups in total. The Hall–Kier alpha value is -3.03. The number of rotatable bonds is 6. The maximum absolute atomic E-state index is 13.9. The highest BCUT2D eigenvalue weighted by molar-refractivity contribution is 6.01. The third kappa shape index (κ3) is 5.22. The summed E-state index contributed by atoms with van der Waals surface area (Å²) in [4.78, 5) is 24.7. The number of hydrogen-bond acceptors (Lipinski definition) is 3. The van der Waals surface area contributed by atoms with Crippen LogP contribution < -0.4 is 15.0 Å². The van der Waals surface area contributed by atoms with E-state index in [9.17, 15) is 22.8 Å². The van der Waals surface area contributed by atoms with Gasteiger partial charge in [-0.05, 0) is 50.2 Å². The van der Waals surface area contributed by atoms with Crippen LogP contribution >= 0.6 is 0 Å².